The van der Waals surface area contributed by atoms with E-state index in [1.54, 1.807) is 0 Å². The Morgan fingerprint density at radius 3 is 1.57 bits per heavy atom. The Morgan fingerprint density at radius 2 is 1.15 bits per heavy atom. The van der Waals surface area contributed by atoms with Crippen LogP contribution >= 0.6 is 15.8 Å². The molecule has 2 atom stereocenters. The van der Waals surface area contributed by atoms with Crippen LogP contribution in [0.1, 0.15) is 13.3 Å². The van der Waals surface area contributed by atoms with Crippen molar-refractivity contribution in [3.63, 3.8) is 0 Å². The Hall–Kier alpha value is -3.03. The van der Waals surface area contributed by atoms with E-state index in [1.807, 2.05) is 6.92 Å². The van der Waals surface area contributed by atoms with Crippen LogP contribution in [-0.2, 0) is 4.74 Å². The molecule has 4 nitrogen and oxygen atoms in total. The van der Waals surface area contributed by atoms with E-state index in [0.29, 0.717) is 12.5 Å². The number of nitrogens with one attached hydrogen (secondary N) is 1. The summed E-state index contributed by atoms with van der Waals surface area (Å²) in [5, 5.41) is 8.54. The molecule has 4 aromatic rings. The molecule has 40 heavy (non-hydrogen) atoms. The van der Waals surface area contributed by atoms with Crippen LogP contribution in [0, 0.1) is 5.92 Å². The number of carbonyl (C=O) groups excluding carboxylic acids is 1. The molecule has 4 aromatic carbocycles. The van der Waals surface area contributed by atoms with Crippen LogP contribution in [0.4, 0.5) is 4.79 Å². The third-order valence-electron chi connectivity index (χ3n) is 7.40. The number of rotatable bonds is 11. The van der Waals surface area contributed by atoms with E-state index in [0.717, 1.165) is 25.3 Å². The molecule has 0 saturated carbocycles. The Kier molecular flexibility index (Phi) is 10.4. The summed E-state index contributed by atoms with van der Waals surface area (Å²) in [5.74, 6) is 0.428. The first-order chi connectivity index (χ1) is 19.7. The first kappa shape index (κ1) is 28.5. The van der Waals surface area contributed by atoms with Gasteiger partial charge in [-0.1, -0.05) is 121 Å². The van der Waals surface area contributed by atoms with E-state index in [-0.39, 0.29) is 18.8 Å². The van der Waals surface area contributed by atoms with E-state index in [9.17, 15) is 4.79 Å². The first-order valence-corrected chi connectivity index (χ1v) is 17.2. The van der Waals surface area contributed by atoms with Gasteiger partial charge in [-0.25, -0.2) is 4.79 Å². The fourth-order valence-corrected chi connectivity index (χ4v) is 10.6. The van der Waals surface area contributed by atoms with Crippen molar-refractivity contribution in [2.24, 2.45) is 5.92 Å². The second-order valence-electron chi connectivity index (χ2n) is 10.1. The highest BCUT2D eigenvalue weighted by Crippen LogP contribution is 2.43. The van der Waals surface area contributed by atoms with Gasteiger partial charge in [0.25, 0.3) is 0 Å². The number of urea groups is 1. The molecule has 206 valence electrons. The van der Waals surface area contributed by atoms with Crippen LogP contribution in [0.2, 0.25) is 0 Å². The normalized spacial score (nSPS) is 16.9. The van der Waals surface area contributed by atoms with Crippen molar-refractivity contribution < 1.29 is 9.53 Å². The number of ether oxygens (including phenoxy) is 1. The Bertz CT molecular complexity index is 1230. The standard InChI is InChI=1S/C34H38N2O2P2/c1-2-38-27-35-34(37)36-24-28(25-39(30-15-7-3-8-16-30)31-17-9-4-10-18-31)23-29(36)26-40(32-19-11-5-12-20-32)33-21-13-6-14-22-33/h3-22,28-29H,2,23-27H2,1H3,(H,35,37)/t28-,29-/m1/s1. The number of likely N-dealkylation sites (tertiary alicyclic amines) is 1. The molecule has 0 aliphatic carbocycles. The SMILES string of the molecule is CCOCNC(=O)N1C[C@H](CP(c2ccccc2)c2ccccc2)C[C@@H]1CP(c1ccccc1)c1ccccc1. The van der Waals surface area contributed by atoms with Crippen molar-refractivity contribution in [3.8, 4) is 0 Å². The van der Waals surface area contributed by atoms with Gasteiger partial charge in [0.15, 0.2) is 0 Å². The lowest BCUT2D eigenvalue weighted by molar-refractivity contribution is 0.121. The molecular formula is C34H38N2O2P2. The van der Waals surface area contributed by atoms with Crippen molar-refractivity contribution in [1.29, 1.82) is 0 Å². The highest BCUT2D eigenvalue weighted by atomic mass is 31.1. The molecular weight excluding hydrogens is 530 g/mol. The van der Waals surface area contributed by atoms with Gasteiger partial charge in [-0.3, -0.25) is 0 Å². The lowest BCUT2D eigenvalue weighted by Crippen LogP contribution is -2.45. The molecule has 2 amide bonds. The van der Waals surface area contributed by atoms with Crippen LogP contribution in [0.5, 0.6) is 0 Å². The van der Waals surface area contributed by atoms with E-state index in [4.69, 9.17) is 4.74 Å². The second-order valence-corrected chi connectivity index (χ2v) is 14.6. The fourth-order valence-electron chi connectivity index (χ4n) is 5.50. The summed E-state index contributed by atoms with van der Waals surface area (Å²) in [7, 11) is -1.12. The maximum Gasteiger partial charge on any atom is 0.319 e. The second kappa shape index (κ2) is 14.6. The molecule has 0 spiro atoms. The van der Waals surface area contributed by atoms with Crippen molar-refractivity contribution in [3.05, 3.63) is 121 Å². The van der Waals surface area contributed by atoms with E-state index in [2.05, 4.69) is 132 Å². The molecule has 1 aliphatic rings. The minimum atomic E-state index is -0.604. The molecule has 0 unspecified atom stereocenters. The topological polar surface area (TPSA) is 41.6 Å². The lowest BCUT2D eigenvalue weighted by Gasteiger charge is -2.29. The highest BCUT2D eigenvalue weighted by molar-refractivity contribution is 7.73. The predicted molar refractivity (Wildman–Crippen MR) is 172 cm³/mol. The van der Waals surface area contributed by atoms with Gasteiger partial charge < -0.3 is 15.0 Å². The van der Waals surface area contributed by atoms with Gasteiger partial charge in [0, 0.05) is 19.2 Å². The lowest BCUT2D eigenvalue weighted by atomic mass is 10.1. The molecule has 5 rings (SSSR count). The maximum atomic E-state index is 13.5. The largest absolute Gasteiger partial charge is 0.361 e. The third-order valence-corrected chi connectivity index (χ3v) is 12.8. The number of nitrogens with zero attached hydrogens (tertiary/aromatic N) is 1. The zero-order chi connectivity index (χ0) is 27.6. The van der Waals surface area contributed by atoms with Gasteiger partial charge in [-0.2, -0.15) is 0 Å². The summed E-state index contributed by atoms with van der Waals surface area (Å²) < 4.78 is 5.47. The molecule has 1 N–H and O–H groups in total. The van der Waals surface area contributed by atoms with Crippen LogP contribution in [-0.4, -0.2) is 49.2 Å². The van der Waals surface area contributed by atoms with Gasteiger partial charge in [0.05, 0.1) is 0 Å². The minimum Gasteiger partial charge on any atom is -0.361 e. The van der Waals surface area contributed by atoms with E-state index < -0.39 is 15.8 Å². The number of amides is 2. The van der Waals surface area contributed by atoms with E-state index >= 15 is 0 Å². The number of hydrogen-bond acceptors (Lipinski definition) is 2. The number of carbonyl (C=O) groups is 1. The molecule has 1 saturated heterocycles. The summed E-state index contributed by atoms with van der Waals surface area (Å²) in [4.78, 5) is 15.6. The molecule has 0 aromatic heterocycles. The minimum absolute atomic E-state index is 0.0132. The van der Waals surface area contributed by atoms with Crippen LogP contribution in [0.3, 0.4) is 0 Å². The summed E-state index contributed by atoms with van der Waals surface area (Å²) in [6, 6.07) is 43.6. The zero-order valence-corrected chi connectivity index (χ0v) is 24.9. The quantitative estimate of drug-likeness (QED) is 0.144. The monoisotopic (exact) mass is 568 g/mol. The third kappa shape index (κ3) is 7.38. The van der Waals surface area contributed by atoms with Gasteiger partial charge in [-0.05, 0) is 68.6 Å². The maximum absolute atomic E-state index is 13.5. The van der Waals surface area contributed by atoms with Crippen molar-refractivity contribution in [2.75, 3.05) is 32.2 Å². The van der Waals surface area contributed by atoms with Gasteiger partial charge in [0.1, 0.15) is 6.73 Å². The van der Waals surface area contributed by atoms with Crippen LogP contribution in [0.15, 0.2) is 121 Å². The Labute approximate surface area is 241 Å². The van der Waals surface area contributed by atoms with Gasteiger partial charge >= 0.3 is 6.03 Å². The van der Waals surface area contributed by atoms with Crippen molar-refractivity contribution in [1.82, 2.24) is 10.2 Å². The molecule has 1 aliphatic heterocycles. The van der Waals surface area contributed by atoms with Crippen LogP contribution in [0.25, 0.3) is 0 Å². The molecule has 0 bridgehead atoms. The Balaban J connectivity index is 1.41. The fraction of sp³-hybridized carbons (Fsp3) is 0.265. The average Bonchev–Trinajstić information content (AvgIpc) is 3.43. The summed E-state index contributed by atoms with van der Waals surface area (Å²) >= 11 is 0. The van der Waals surface area contributed by atoms with E-state index in [1.165, 1.54) is 21.2 Å². The molecule has 1 heterocycles. The van der Waals surface area contributed by atoms with Crippen molar-refractivity contribution >= 4 is 43.1 Å². The first-order valence-electron chi connectivity index (χ1n) is 14.1. The smallest absolute Gasteiger partial charge is 0.319 e. The Morgan fingerprint density at radius 1 is 0.725 bits per heavy atom. The van der Waals surface area contributed by atoms with Gasteiger partial charge in [0.2, 0.25) is 0 Å². The average molecular weight is 569 g/mol. The molecule has 6 heteroatoms. The highest BCUT2D eigenvalue weighted by Gasteiger charge is 2.38. The number of benzene rings is 4. The molecule has 1 fully saturated rings. The summed E-state index contributed by atoms with van der Waals surface area (Å²) in [6.45, 7) is 3.55. The van der Waals surface area contributed by atoms with Crippen LogP contribution < -0.4 is 26.5 Å². The molecule has 0 radical (unpaired) electrons. The summed E-state index contributed by atoms with van der Waals surface area (Å²) in [5.41, 5.74) is 0. The predicted octanol–water partition coefficient (Wildman–Crippen LogP) is 5.65. The zero-order valence-electron chi connectivity index (χ0n) is 23.1. The van der Waals surface area contributed by atoms with Gasteiger partial charge in [-0.15, -0.1) is 0 Å². The summed E-state index contributed by atoms with van der Waals surface area (Å²) in [6.07, 6.45) is 3.04. The van der Waals surface area contributed by atoms with Crippen molar-refractivity contribution in [2.45, 2.75) is 19.4 Å². The number of hydrogen-bond donors (Lipinski definition) is 1.